The van der Waals surface area contributed by atoms with E-state index < -0.39 is 22.0 Å². The maximum absolute atomic E-state index is 12.1. The molecule has 0 spiro atoms. The van der Waals surface area contributed by atoms with Gasteiger partial charge in [-0.05, 0) is 0 Å². The smallest absolute Gasteiger partial charge is 0.389 e. The third kappa shape index (κ3) is 2.33. The van der Waals surface area contributed by atoms with E-state index in [-0.39, 0.29) is 0 Å². The molecule has 0 rings (SSSR count). The molecular formula is C3H6F2O5S. The summed E-state index contributed by atoms with van der Waals surface area (Å²) in [5.41, 5.74) is 0. The van der Waals surface area contributed by atoms with Gasteiger partial charge >= 0.3 is 15.4 Å². The summed E-state index contributed by atoms with van der Waals surface area (Å²) in [6, 6.07) is 0. The second-order valence-corrected chi connectivity index (χ2v) is 3.13. The molecule has 0 aliphatic heterocycles. The topological polar surface area (TPSA) is 72.8 Å². The molecule has 0 unspecified atom stereocenters. The van der Waals surface area contributed by atoms with Gasteiger partial charge in [0.25, 0.3) is 0 Å². The van der Waals surface area contributed by atoms with Crippen molar-refractivity contribution in [3.8, 4) is 0 Å². The summed E-state index contributed by atoms with van der Waals surface area (Å²) in [6.45, 7) is -1.85. The average Bonchev–Trinajstić information content (AvgIpc) is 1.87. The second kappa shape index (κ2) is 3.39. The van der Waals surface area contributed by atoms with Crippen molar-refractivity contribution < 1.29 is 31.5 Å². The minimum absolute atomic E-state index is 0.755. The zero-order valence-corrected chi connectivity index (χ0v) is 6.27. The minimum Gasteiger partial charge on any atom is -0.389 e. The van der Waals surface area contributed by atoms with E-state index in [0.29, 0.717) is 0 Å². The van der Waals surface area contributed by atoms with Crippen LogP contribution in [0.3, 0.4) is 0 Å². The van der Waals surface area contributed by atoms with Crippen LogP contribution in [0.15, 0.2) is 0 Å². The van der Waals surface area contributed by atoms with Crippen LogP contribution >= 0.6 is 0 Å². The molecule has 8 heteroatoms. The van der Waals surface area contributed by atoms with Crippen LogP contribution in [0, 0.1) is 0 Å². The molecule has 0 aliphatic rings. The molecule has 0 aliphatic carbocycles. The van der Waals surface area contributed by atoms with Gasteiger partial charge in [-0.1, -0.05) is 0 Å². The maximum Gasteiger partial charge on any atom is 0.394 e. The molecule has 0 saturated carbocycles. The van der Waals surface area contributed by atoms with Crippen LogP contribution in [-0.4, -0.2) is 32.5 Å². The van der Waals surface area contributed by atoms with Crippen LogP contribution in [0.2, 0.25) is 0 Å². The third-order valence-corrected chi connectivity index (χ3v) is 1.88. The van der Waals surface area contributed by atoms with E-state index in [1.54, 1.807) is 0 Å². The monoisotopic (exact) mass is 192 g/mol. The molecule has 0 aromatic rings. The minimum atomic E-state index is -5.17. The predicted molar refractivity (Wildman–Crippen MR) is 29.0 cm³/mol. The van der Waals surface area contributed by atoms with Crippen LogP contribution in [0.1, 0.15) is 0 Å². The Hall–Kier alpha value is -0.310. The third-order valence-electron chi connectivity index (χ3n) is 0.707. The van der Waals surface area contributed by atoms with E-state index in [9.17, 15) is 17.2 Å². The Morgan fingerprint density at radius 1 is 1.55 bits per heavy atom. The molecule has 0 fully saturated rings. The fourth-order valence-corrected chi connectivity index (χ4v) is 0.655. The normalized spacial score (nSPS) is 13.5. The number of alkyl halides is 2. The van der Waals surface area contributed by atoms with E-state index >= 15 is 0 Å². The van der Waals surface area contributed by atoms with E-state index in [2.05, 4.69) is 9.22 Å². The van der Waals surface area contributed by atoms with Crippen LogP contribution in [0.25, 0.3) is 0 Å². The lowest BCUT2D eigenvalue weighted by molar-refractivity contribution is -0.182. The molecule has 0 bridgehead atoms. The van der Waals surface area contributed by atoms with Gasteiger partial charge in [0.15, 0.2) is 0 Å². The molecule has 0 aromatic carbocycles. The lowest BCUT2D eigenvalue weighted by Crippen LogP contribution is -2.34. The molecule has 0 aromatic heterocycles. The van der Waals surface area contributed by atoms with E-state index in [0.717, 1.165) is 7.11 Å². The Labute approximate surface area is 61.6 Å². The SMILES string of the molecule is COOS(=O)(=O)C(F)(F)CO. The summed E-state index contributed by atoms with van der Waals surface area (Å²) in [5.74, 6) is 0. The predicted octanol–water partition coefficient (Wildman–Crippen LogP) is -0.521. The van der Waals surface area contributed by atoms with Gasteiger partial charge < -0.3 is 5.11 Å². The Balaban J connectivity index is 4.55. The Morgan fingerprint density at radius 3 is 2.27 bits per heavy atom. The largest absolute Gasteiger partial charge is 0.394 e. The van der Waals surface area contributed by atoms with Crippen LogP contribution < -0.4 is 0 Å². The van der Waals surface area contributed by atoms with Gasteiger partial charge in [-0.15, -0.1) is 4.33 Å². The van der Waals surface area contributed by atoms with E-state index in [1.165, 1.54) is 0 Å². The molecule has 0 amide bonds. The number of hydrogen-bond donors (Lipinski definition) is 1. The van der Waals surface area contributed by atoms with Gasteiger partial charge in [0, 0.05) is 0 Å². The van der Waals surface area contributed by atoms with Crippen LogP contribution in [0.4, 0.5) is 8.78 Å². The van der Waals surface area contributed by atoms with Crippen molar-refractivity contribution in [2.45, 2.75) is 5.25 Å². The van der Waals surface area contributed by atoms with E-state index in [1.807, 2.05) is 0 Å². The second-order valence-electron chi connectivity index (χ2n) is 1.48. The summed E-state index contributed by atoms with van der Waals surface area (Å²) >= 11 is 0. The van der Waals surface area contributed by atoms with Crippen molar-refractivity contribution in [3.63, 3.8) is 0 Å². The summed E-state index contributed by atoms with van der Waals surface area (Å²) in [6.07, 6.45) is 0. The fraction of sp³-hybridized carbons (Fsp3) is 1.00. The summed E-state index contributed by atoms with van der Waals surface area (Å²) < 4.78 is 47.8. The number of aliphatic hydroxyl groups is 1. The Kier molecular flexibility index (Phi) is 3.30. The molecule has 11 heavy (non-hydrogen) atoms. The number of aliphatic hydroxyl groups excluding tert-OH is 1. The number of halogens is 2. The molecule has 0 saturated heterocycles. The van der Waals surface area contributed by atoms with Gasteiger partial charge in [-0.3, -0.25) is 0 Å². The highest BCUT2D eigenvalue weighted by Crippen LogP contribution is 2.22. The van der Waals surface area contributed by atoms with Crippen LogP contribution in [0.5, 0.6) is 0 Å². The standard InChI is InChI=1S/C3H6F2O5S/c1-9-10-11(7,8)3(4,5)2-6/h6H,2H2,1H3. The zero-order chi connectivity index (χ0) is 9.12. The van der Waals surface area contributed by atoms with Crippen molar-refractivity contribution in [2.24, 2.45) is 0 Å². The fourth-order valence-electron chi connectivity index (χ4n) is 0.218. The zero-order valence-electron chi connectivity index (χ0n) is 5.45. The Morgan fingerprint density at radius 2 is 2.00 bits per heavy atom. The quantitative estimate of drug-likeness (QED) is 0.479. The lowest BCUT2D eigenvalue weighted by atomic mass is 10.8. The van der Waals surface area contributed by atoms with E-state index in [4.69, 9.17) is 5.11 Å². The highest BCUT2D eigenvalue weighted by atomic mass is 32.2. The first-order valence-corrected chi connectivity index (χ1v) is 3.74. The van der Waals surface area contributed by atoms with Crippen molar-refractivity contribution in [3.05, 3.63) is 0 Å². The van der Waals surface area contributed by atoms with Crippen molar-refractivity contribution in [2.75, 3.05) is 13.7 Å². The number of rotatable bonds is 4. The van der Waals surface area contributed by atoms with Gasteiger partial charge in [0.05, 0.1) is 7.11 Å². The first-order chi connectivity index (χ1) is 4.87. The number of hydrogen-bond acceptors (Lipinski definition) is 5. The molecule has 1 N–H and O–H groups in total. The molecule has 68 valence electrons. The summed E-state index contributed by atoms with van der Waals surface area (Å²) in [4.78, 5) is 3.52. The maximum atomic E-state index is 12.1. The van der Waals surface area contributed by atoms with Crippen molar-refractivity contribution in [1.29, 1.82) is 0 Å². The first kappa shape index (κ1) is 10.7. The first-order valence-electron chi connectivity index (χ1n) is 2.33. The molecule has 0 radical (unpaired) electrons. The average molecular weight is 192 g/mol. The van der Waals surface area contributed by atoms with Crippen LogP contribution in [-0.2, 0) is 19.3 Å². The van der Waals surface area contributed by atoms with Gasteiger partial charge in [-0.25, -0.2) is 4.89 Å². The summed E-state index contributed by atoms with van der Waals surface area (Å²) in [7, 11) is -4.41. The highest BCUT2D eigenvalue weighted by Gasteiger charge is 2.46. The van der Waals surface area contributed by atoms with Gasteiger partial charge in [0.2, 0.25) is 0 Å². The van der Waals surface area contributed by atoms with Crippen molar-refractivity contribution >= 4 is 10.1 Å². The molecular weight excluding hydrogens is 186 g/mol. The lowest BCUT2D eigenvalue weighted by Gasteiger charge is -2.10. The summed E-state index contributed by atoms with van der Waals surface area (Å²) in [5, 5.41) is 3.56. The molecule has 0 atom stereocenters. The molecule has 5 nitrogen and oxygen atoms in total. The van der Waals surface area contributed by atoms with Crippen molar-refractivity contribution in [1.82, 2.24) is 0 Å². The van der Waals surface area contributed by atoms with Gasteiger partial charge in [-0.2, -0.15) is 17.2 Å². The molecule has 0 heterocycles. The van der Waals surface area contributed by atoms with Gasteiger partial charge in [0.1, 0.15) is 6.61 Å². The Bertz CT molecular complexity index is 210. The highest BCUT2D eigenvalue weighted by molar-refractivity contribution is 7.87.